The van der Waals surface area contributed by atoms with Crippen molar-refractivity contribution < 1.29 is 9.59 Å². The number of hydrogen-bond acceptors (Lipinski definition) is 4. The maximum Gasteiger partial charge on any atom is 0.145 e. The number of rotatable bonds is 10. The van der Waals surface area contributed by atoms with Crippen LogP contribution in [-0.2, 0) is 9.59 Å². The average Bonchev–Trinajstić information content (AvgIpc) is 2.35. The maximum absolute atomic E-state index is 12.1. The fourth-order valence-corrected chi connectivity index (χ4v) is 6.45. The minimum Gasteiger partial charge on any atom is -0.299 e. The summed E-state index contributed by atoms with van der Waals surface area (Å²) in [5, 5.41) is 0. The smallest absolute Gasteiger partial charge is 0.145 e. The van der Waals surface area contributed by atoms with Gasteiger partial charge in [0.2, 0.25) is 0 Å². The van der Waals surface area contributed by atoms with Gasteiger partial charge in [0.25, 0.3) is 0 Å². The van der Waals surface area contributed by atoms with Gasteiger partial charge in [-0.3, -0.25) is 9.59 Å². The quantitative estimate of drug-likeness (QED) is 0.444. The summed E-state index contributed by atoms with van der Waals surface area (Å²) in [6.07, 6.45) is 7.86. The molecule has 0 bridgehead atoms. The molecule has 2 atom stereocenters. The molecule has 0 saturated carbocycles. The zero-order valence-corrected chi connectivity index (χ0v) is 18.8. The van der Waals surface area contributed by atoms with Crippen molar-refractivity contribution in [2.45, 2.75) is 89.4 Å². The van der Waals surface area contributed by atoms with Crippen LogP contribution < -0.4 is 0 Å². The predicted octanol–water partition coefficient (Wildman–Crippen LogP) is 5.94. The van der Waals surface area contributed by atoms with Crippen LogP contribution in [0.25, 0.3) is 0 Å². The first-order chi connectivity index (χ1) is 10.6. The molecule has 0 aromatic heterocycles. The molecular weight excluding hydrogens is 336 g/mol. The van der Waals surface area contributed by atoms with Crippen LogP contribution in [-0.4, -0.2) is 32.1 Å². The zero-order chi connectivity index (χ0) is 19.4. The Morgan fingerprint density at radius 2 is 1.42 bits per heavy atom. The number of allylic oxidation sites excluding steroid dienone is 1. The van der Waals surface area contributed by atoms with Gasteiger partial charge < -0.3 is 0 Å². The van der Waals surface area contributed by atoms with Gasteiger partial charge in [0.15, 0.2) is 0 Å². The van der Waals surface area contributed by atoms with Crippen LogP contribution in [0.3, 0.4) is 0 Å². The highest BCUT2D eigenvalue weighted by Gasteiger charge is 2.42. The van der Waals surface area contributed by atoms with Gasteiger partial charge in [-0.1, -0.05) is 39.8 Å². The molecule has 0 aromatic rings. The van der Waals surface area contributed by atoms with Crippen molar-refractivity contribution >= 4 is 35.1 Å². The van der Waals surface area contributed by atoms with E-state index in [0.29, 0.717) is 0 Å². The second-order valence-electron chi connectivity index (χ2n) is 8.46. The third-order valence-electron chi connectivity index (χ3n) is 4.73. The van der Waals surface area contributed by atoms with Crippen molar-refractivity contribution in [3.63, 3.8) is 0 Å². The van der Waals surface area contributed by atoms with Gasteiger partial charge in [-0.25, -0.2) is 0 Å². The number of carbonyl (C=O) groups is 2. The summed E-state index contributed by atoms with van der Waals surface area (Å²) in [5.41, 5.74) is -0.360. The average molecular weight is 373 g/mol. The molecule has 0 amide bonds. The molecule has 0 aliphatic rings. The Balaban J connectivity index is 5.50. The summed E-state index contributed by atoms with van der Waals surface area (Å²) < 4.78 is -0.600. The van der Waals surface area contributed by atoms with E-state index in [2.05, 4.69) is 32.9 Å². The van der Waals surface area contributed by atoms with Crippen molar-refractivity contribution in [2.24, 2.45) is 5.41 Å². The van der Waals surface area contributed by atoms with Gasteiger partial charge in [-0.05, 0) is 53.7 Å². The Bertz CT molecular complexity index is 494. The van der Waals surface area contributed by atoms with Crippen LogP contribution in [0.5, 0.6) is 0 Å². The third-order valence-corrected chi connectivity index (χ3v) is 7.51. The fourth-order valence-electron chi connectivity index (χ4n) is 3.30. The first kappa shape index (κ1) is 23.8. The third kappa shape index (κ3) is 6.95. The number of thioether (sulfide) groups is 2. The summed E-state index contributed by atoms with van der Waals surface area (Å²) in [7, 11) is 0. The van der Waals surface area contributed by atoms with E-state index >= 15 is 0 Å². The summed E-state index contributed by atoms with van der Waals surface area (Å²) in [6, 6.07) is 0. The molecular formula is C20H36O2S2. The Morgan fingerprint density at radius 3 is 1.75 bits per heavy atom. The molecule has 0 fully saturated rings. The monoisotopic (exact) mass is 372 g/mol. The SMILES string of the molecule is CC=CC(C)(CC(C)(C)C(C)=O)SC(C)(C)CC(C)(SC)C(C)=O. The Labute approximate surface area is 158 Å². The lowest BCUT2D eigenvalue weighted by Crippen LogP contribution is -2.40. The van der Waals surface area contributed by atoms with Crippen LogP contribution in [0.4, 0.5) is 0 Å². The summed E-state index contributed by atoms with van der Waals surface area (Å²) in [4.78, 5) is 24.1. The summed E-state index contributed by atoms with van der Waals surface area (Å²) in [6.45, 7) is 18.1. The topological polar surface area (TPSA) is 34.1 Å². The van der Waals surface area contributed by atoms with Crippen molar-refractivity contribution in [3.05, 3.63) is 12.2 Å². The number of hydrogen-bond donors (Lipinski definition) is 0. The molecule has 0 heterocycles. The molecule has 24 heavy (non-hydrogen) atoms. The van der Waals surface area contributed by atoms with Gasteiger partial charge in [-0.2, -0.15) is 11.8 Å². The highest BCUT2D eigenvalue weighted by Crippen LogP contribution is 2.49. The van der Waals surface area contributed by atoms with Gasteiger partial charge in [0.05, 0.1) is 4.75 Å². The van der Waals surface area contributed by atoms with Gasteiger partial charge in [-0.15, -0.1) is 11.8 Å². The van der Waals surface area contributed by atoms with E-state index in [9.17, 15) is 9.59 Å². The molecule has 4 heteroatoms. The molecule has 2 unspecified atom stereocenters. The second kappa shape index (κ2) is 8.44. The van der Waals surface area contributed by atoms with Gasteiger partial charge in [0.1, 0.15) is 11.6 Å². The minimum atomic E-state index is -0.372. The van der Waals surface area contributed by atoms with Crippen molar-refractivity contribution in [1.82, 2.24) is 0 Å². The molecule has 0 saturated heterocycles. The zero-order valence-electron chi connectivity index (χ0n) is 17.2. The molecule has 2 nitrogen and oxygen atoms in total. The van der Waals surface area contributed by atoms with Crippen molar-refractivity contribution in [2.75, 3.05) is 6.26 Å². The number of Topliss-reactive ketones (excluding diaryl/α,β-unsaturated/α-hetero) is 2. The van der Waals surface area contributed by atoms with E-state index in [0.717, 1.165) is 12.8 Å². The molecule has 0 aromatic carbocycles. The van der Waals surface area contributed by atoms with Gasteiger partial charge >= 0.3 is 0 Å². The van der Waals surface area contributed by atoms with Crippen LogP contribution in [0.15, 0.2) is 12.2 Å². The highest BCUT2D eigenvalue weighted by atomic mass is 32.2. The van der Waals surface area contributed by atoms with E-state index in [1.807, 2.05) is 45.7 Å². The molecule has 0 radical (unpaired) electrons. The number of carbonyl (C=O) groups excluding carboxylic acids is 2. The standard InChI is InChI=1S/C20H36O2S2/c1-11-12-19(8,13-17(4,5)15(2)21)24-18(6,7)14-20(9,23-10)16(3)22/h11-12H,13-14H2,1-10H3. The maximum atomic E-state index is 12.1. The largest absolute Gasteiger partial charge is 0.299 e. The first-order valence-corrected chi connectivity index (χ1v) is 10.6. The number of ketones is 2. The lowest BCUT2D eigenvalue weighted by molar-refractivity contribution is -0.125. The Kier molecular flexibility index (Phi) is 8.36. The van der Waals surface area contributed by atoms with Crippen LogP contribution >= 0.6 is 23.5 Å². The molecule has 0 aliphatic carbocycles. The van der Waals surface area contributed by atoms with Crippen LogP contribution in [0, 0.1) is 5.41 Å². The van der Waals surface area contributed by atoms with Crippen LogP contribution in [0.1, 0.15) is 75.2 Å². The second-order valence-corrected chi connectivity index (χ2v) is 12.0. The lowest BCUT2D eigenvalue weighted by atomic mass is 9.80. The molecule has 140 valence electrons. The van der Waals surface area contributed by atoms with Crippen molar-refractivity contribution in [3.8, 4) is 0 Å². The molecule has 0 rings (SSSR count). The first-order valence-electron chi connectivity index (χ1n) is 8.54. The molecule has 0 spiro atoms. The normalized spacial score (nSPS) is 18.2. The fraction of sp³-hybridized carbons (Fsp3) is 0.800. The summed E-state index contributed by atoms with van der Waals surface area (Å²) >= 11 is 3.50. The lowest BCUT2D eigenvalue weighted by Gasteiger charge is -2.42. The van der Waals surface area contributed by atoms with Gasteiger partial charge in [0, 0.05) is 14.9 Å². The molecule has 0 N–H and O–H groups in total. The van der Waals surface area contributed by atoms with E-state index in [1.165, 1.54) is 0 Å². The highest BCUT2D eigenvalue weighted by molar-refractivity contribution is 8.02. The van der Waals surface area contributed by atoms with Crippen molar-refractivity contribution in [1.29, 1.82) is 0 Å². The van der Waals surface area contributed by atoms with E-state index < -0.39 is 0 Å². The Morgan fingerprint density at radius 1 is 0.917 bits per heavy atom. The predicted molar refractivity (Wildman–Crippen MR) is 111 cm³/mol. The minimum absolute atomic E-state index is 0.0788. The Hall–Kier alpha value is -0.220. The van der Waals surface area contributed by atoms with E-state index in [1.54, 1.807) is 25.6 Å². The van der Waals surface area contributed by atoms with E-state index in [-0.39, 0.29) is 31.2 Å². The van der Waals surface area contributed by atoms with Crippen LogP contribution in [0.2, 0.25) is 0 Å². The van der Waals surface area contributed by atoms with E-state index in [4.69, 9.17) is 0 Å². The summed E-state index contributed by atoms with van der Waals surface area (Å²) in [5.74, 6) is 0.440. The molecule has 0 aliphatic heterocycles.